The van der Waals surface area contributed by atoms with E-state index in [4.69, 9.17) is 0 Å². The van der Waals surface area contributed by atoms with E-state index in [0.717, 1.165) is 12.8 Å². The Balaban J connectivity index is 0.000000163. The van der Waals surface area contributed by atoms with E-state index in [9.17, 15) is 0 Å². The fourth-order valence-electron chi connectivity index (χ4n) is 7.13. The Labute approximate surface area is 360 Å². The first-order valence-electron chi connectivity index (χ1n) is 18.9. The fraction of sp³-hybridized carbons (Fsp3) is 0.0943. The Morgan fingerprint density at radius 2 is 0.929 bits per heavy atom. The standard InChI is InChI=1S/C23H17.C17H17.C13H10.2ClH.Zr/c1-4-10-18(11-5-1)21-16-17-22(19-12-6-2-7-13-19)23(21)20-14-8-3-9-15-20;1-3-12-5-7-16-14(9-12)11-15-10-13(4-2)6-8-17(15)16;1-3-7-12(8-4-1)11-13-9-5-2-6-10-13;;;/h1-16,22H;5-11H,3-4H2,1-2H3;1-10H;2*1H;/q2*-1;;;;+2/p-2. The molecule has 0 nitrogen and oxygen atoms in total. The van der Waals surface area contributed by atoms with Crippen molar-refractivity contribution in [2.75, 3.05) is 0 Å². The molecule has 1 atom stereocenters. The van der Waals surface area contributed by atoms with Gasteiger partial charge in [-0.2, -0.15) is 5.57 Å². The summed E-state index contributed by atoms with van der Waals surface area (Å²) in [6.45, 7) is 4.41. The van der Waals surface area contributed by atoms with Crippen LogP contribution in [0.5, 0.6) is 0 Å². The molecule has 0 spiro atoms. The minimum atomic E-state index is 0. The molecule has 0 N–H and O–H groups in total. The number of rotatable bonds is 7. The predicted molar refractivity (Wildman–Crippen MR) is 229 cm³/mol. The molecule has 1 unspecified atom stereocenters. The third-order valence-corrected chi connectivity index (χ3v) is 11.5. The Hall–Kier alpha value is -4.78. The molecule has 0 fully saturated rings. The summed E-state index contributed by atoms with van der Waals surface area (Å²) in [7, 11) is 0. The second-order valence-corrected chi connectivity index (χ2v) is 14.7. The summed E-state index contributed by atoms with van der Waals surface area (Å²) in [6, 6.07) is 68.9. The average molecular weight is 843 g/mol. The summed E-state index contributed by atoms with van der Waals surface area (Å²) in [6.07, 6.45) is 7.94. The van der Waals surface area contributed by atoms with Crippen LogP contribution in [0.1, 0.15) is 58.7 Å². The van der Waals surface area contributed by atoms with Crippen molar-refractivity contribution in [2.45, 2.75) is 32.6 Å². The quantitative estimate of drug-likeness (QED) is 0.147. The molecular formula is C53H44Cl2Zr-2. The maximum atomic E-state index is 3.57. The van der Waals surface area contributed by atoms with Crippen LogP contribution in [0, 0.1) is 6.08 Å². The number of aryl methyl sites for hydroxylation is 2. The van der Waals surface area contributed by atoms with Crippen molar-refractivity contribution in [3.8, 4) is 0 Å². The molecule has 276 valence electrons. The third kappa shape index (κ3) is 10.1. The summed E-state index contributed by atoms with van der Waals surface area (Å²) in [4.78, 5) is 0. The van der Waals surface area contributed by atoms with E-state index in [2.05, 4.69) is 220 Å². The van der Waals surface area contributed by atoms with E-state index < -0.39 is 0 Å². The van der Waals surface area contributed by atoms with Crippen LogP contribution in [0.4, 0.5) is 0 Å². The molecule has 1 aliphatic rings. The van der Waals surface area contributed by atoms with Gasteiger partial charge in [0.15, 0.2) is 0 Å². The Morgan fingerprint density at radius 3 is 1.38 bits per heavy atom. The molecule has 0 amide bonds. The zero-order valence-corrected chi connectivity index (χ0v) is 35.8. The van der Waals surface area contributed by atoms with Gasteiger partial charge in [-0.05, 0) is 18.4 Å². The van der Waals surface area contributed by atoms with E-state index in [0.29, 0.717) is 0 Å². The van der Waals surface area contributed by atoms with E-state index in [-0.39, 0.29) is 30.7 Å². The van der Waals surface area contributed by atoms with Crippen molar-refractivity contribution in [2.24, 2.45) is 0 Å². The van der Waals surface area contributed by atoms with Crippen molar-refractivity contribution < 1.29 is 49.0 Å². The molecule has 0 bridgehead atoms. The maximum absolute atomic E-state index is 3.57. The summed E-state index contributed by atoms with van der Waals surface area (Å²) in [5, 5.41) is 5.54. The molecule has 0 aliphatic heterocycles. The molecule has 8 aromatic carbocycles. The van der Waals surface area contributed by atoms with Crippen LogP contribution in [0.25, 0.3) is 32.7 Å². The second kappa shape index (κ2) is 20.9. The van der Waals surface area contributed by atoms with Gasteiger partial charge in [0, 0.05) is 0 Å². The van der Waals surface area contributed by atoms with Crippen LogP contribution in [0.2, 0.25) is 0 Å². The van der Waals surface area contributed by atoms with Gasteiger partial charge >= 0.3 is 99.2 Å². The van der Waals surface area contributed by atoms with Gasteiger partial charge in [0.05, 0.1) is 0 Å². The Morgan fingerprint density at radius 1 is 0.518 bits per heavy atom. The molecule has 1 aliphatic carbocycles. The average Bonchev–Trinajstić information content (AvgIpc) is 3.87. The Kier molecular flexibility index (Phi) is 15.8. The number of benzene rings is 7. The van der Waals surface area contributed by atoms with Gasteiger partial charge in [-0.1, -0.05) is 152 Å². The van der Waals surface area contributed by atoms with Crippen molar-refractivity contribution in [3.63, 3.8) is 0 Å². The molecule has 56 heavy (non-hydrogen) atoms. The Bertz CT molecular complexity index is 2400. The number of allylic oxidation sites excluding steroid dienone is 4. The second-order valence-electron chi connectivity index (χ2n) is 13.5. The number of fused-ring (bicyclic) bond motifs is 3. The van der Waals surface area contributed by atoms with Gasteiger partial charge < -0.3 is 24.8 Å². The normalized spacial score (nSPS) is 12.8. The van der Waals surface area contributed by atoms with E-state index in [1.54, 1.807) is 0 Å². The van der Waals surface area contributed by atoms with Gasteiger partial charge in [-0.15, -0.1) is 50.9 Å². The molecule has 9 rings (SSSR count). The monoisotopic (exact) mass is 840 g/mol. The van der Waals surface area contributed by atoms with Crippen molar-refractivity contribution >= 4 is 35.9 Å². The van der Waals surface area contributed by atoms with Crippen LogP contribution in [-0.2, 0) is 37.1 Å². The summed E-state index contributed by atoms with van der Waals surface area (Å²) >= 11 is 1.46. The molecule has 0 radical (unpaired) electrons. The minimum absolute atomic E-state index is 0. The molecule has 0 saturated heterocycles. The van der Waals surface area contributed by atoms with Crippen LogP contribution in [0.15, 0.2) is 200 Å². The number of hydrogen-bond acceptors (Lipinski definition) is 0. The van der Waals surface area contributed by atoms with Crippen LogP contribution < -0.4 is 24.8 Å². The SMILES string of the molecule is CCc1ccc2c(c1)[cH-]c1cc(CC)ccc12.[C-]1=CC(c2ccccc2)=C(c2ccccc2)C1c1ccccc1.[Cl-].[Cl-].[Zr+2]=[C](c1ccccc1)c1ccccc1. The molecule has 0 heterocycles. The third-order valence-electron chi connectivity index (χ3n) is 10.1. The summed E-state index contributed by atoms with van der Waals surface area (Å²) in [5.74, 6) is 0.189. The van der Waals surface area contributed by atoms with Gasteiger partial charge in [-0.3, -0.25) is 6.08 Å². The number of halogens is 2. The first-order valence-corrected chi connectivity index (χ1v) is 20.2. The van der Waals surface area contributed by atoms with Gasteiger partial charge in [0.2, 0.25) is 0 Å². The summed E-state index contributed by atoms with van der Waals surface area (Å²) < 4.78 is 1.42. The van der Waals surface area contributed by atoms with Crippen molar-refractivity contribution in [3.05, 3.63) is 245 Å². The molecule has 0 aromatic heterocycles. The summed E-state index contributed by atoms with van der Waals surface area (Å²) in [5.41, 5.74) is 11.9. The van der Waals surface area contributed by atoms with E-state index >= 15 is 0 Å². The van der Waals surface area contributed by atoms with E-state index in [1.165, 1.54) is 99.1 Å². The zero-order chi connectivity index (χ0) is 37.1. The first-order chi connectivity index (χ1) is 26.6. The molecule has 3 heteroatoms. The fourth-order valence-corrected chi connectivity index (χ4v) is 7.94. The van der Waals surface area contributed by atoms with Crippen molar-refractivity contribution in [1.82, 2.24) is 0 Å². The zero-order valence-electron chi connectivity index (χ0n) is 31.8. The topological polar surface area (TPSA) is 0 Å². The van der Waals surface area contributed by atoms with Gasteiger partial charge in [0.1, 0.15) is 0 Å². The molecule has 8 aromatic rings. The van der Waals surface area contributed by atoms with E-state index in [1.807, 2.05) is 0 Å². The van der Waals surface area contributed by atoms with Crippen LogP contribution in [-0.4, -0.2) is 3.21 Å². The van der Waals surface area contributed by atoms with Gasteiger partial charge in [0.25, 0.3) is 0 Å². The van der Waals surface area contributed by atoms with Crippen LogP contribution in [0.3, 0.4) is 0 Å². The number of hydrogen-bond donors (Lipinski definition) is 0. The molecular weight excluding hydrogens is 799 g/mol. The predicted octanol–water partition coefficient (Wildman–Crippen LogP) is 7.40. The van der Waals surface area contributed by atoms with Gasteiger partial charge in [-0.25, -0.2) is 6.08 Å². The van der Waals surface area contributed by atoms with Crippen molar-refractivity contribution in [1.29, 1.82) is 0 Å². The molecule has 0 saturated carbocycles. The van der Waals surface area contributed by atoms with Crippen LogP contribution >= 0.6 is 0 Å². The first kappa shape index (κ1) is 42.4.